The first-order valence-electron chi connectivity index (χ1n) is 5.78. The van der Waals surface area contributed by atoms with Crippen molar-refractivity contribution in [2.45, 2.75) is 6.61 Å². The molecule has 0 heterocycles. The average molecular weight is 356 g/mol. The predicted molar refractivity (Wildman–Crippen MR) is 81.6 cm³/mol. The predicted octanol–water partition coefficient (Wildman–Crippen LogP) is 3.29. The number of amides is 1. The molecular formula is C14H12BrClN2O2. The number of carbonyl (C=O) groups is 1. The van der Waals surface area contributed by atoms with Gasteiger partial charge in [-0.1, -0.05) is 39.7 Å². The van der Waals surface area contributed by atoms with E-state index < -0.39 is 5.91 Å². The molecule has 104 valence electrons. The number of nitrogens with two attached hydrogens (primary N) is 1. The van der Waals surface area contributed by atoms with E-state index in [0.717, 1.165) is 10.0 Å². The third-order valence-corrected chi connectivity index (χ3v) is 3.40. The number of nitrogens with one attached hydrogen (secondary N) is 1. The summed E-state index contributed by atoms with van der Waals surface area (Å²) >= 11 is 9.47. The van der Waals surface area contributed by atoms with Crippen molar-refractivity contribution < 1.29 is 9.53 Å². The van der Waals surface area contributed by atoms with Crippen molar-refractivity contribution >= 4 is 33.4 Å². The van der Waals surface area contributed by atoms with E-state index in [1.165, 1.54) is 6.07 Å². The summed E-state index contributed by atoms with van der Waals surface area (Å²) in [4.78, 5) is 11.4. The molecule has 0 radical (unpaired) electrons. The molecule has 20 heavy (non-hydrogen) atoms. The largest absolute Gasteiger partial charge is 0.487 e. The maximum atomic E-state index is 11.4. The summed E-state index contributed by atoms with van der Waals surface area (Å²) in [6.07, 6.45) is 0. The van der Waals surface area contributed by atoms with E-state index in [1.54, 1.807) is 12.1 Å². The summed E-state index contributed by atoms with van der Waals surface area (Å²) in [7, 11) is 0. The van der Waals surface area contributed by atoms with Gasteiger partial charge in [-0.2, -0.15) is 0 Å². The first-order valence-corrected chi connectivity index (χ1v) is 6.95. The van der Waals surface area contributed by atoms with Crippen LogP contribution in [0.3, 0.4) is 0 Å². The lowest BCUT2D eigenvalue weighted by Gasteiger charge is -2.09. The number of benzene rings is 2. The molecule has 4 nitrogen and oxygen atoms in total. The van der Waals surface area contributed by atoms with E-state index in [2.05, 4.69) is 15.9 Å². The minimum Gasteiger partial charge on any atom is -0.487 e. The highest BCUT2D eigenvalue weighted by molar-refractivity contribution is 9.10. The van der Waals surface area contributed by atoms with Gasteiger partial charge in [0, 0.05) is 10.0 Å². The maximum absolute atomic E-state index is 11.4. The number of hydrazine groups is 1. The van der Waals surface area contributed by atoms with E-state index in [-0.39, 0.29) is 0 Å². The molecule has 0 aliphatic carbocycles. The Kier molecular flexibility index (Phi) is 5.00. The van der Waals surface area contributed by atoms with Crippen molar-refractivity contribution in [1.29, 1.82) is 0 Å². The summed E-state index contributed by atoms with van der Waals surface area (Å²) in [5.41, 5.74) is 3.44. The molecule has 0 saturated carbocycles. The third kappa shape index (κ3) is 3.72. The summed E-state index contributed by atoms with van der Waals surface area (Å²) in [6, 6.07) is 12.5. The Morgan fingerprint density at radius 3 is 2.75 bits per heavy atom. The Labute approximate surface area is 130 Å². The topological polar surface area (TPSA) is 64.3 Å². The summed E-state index contributed by atoms with van der Waals surface area (Å²) in [6.45, 7) is 0.390. The highest BCUT2D eigenvalue weighted by Gasteiger charge is 2.08. The van der Waals surface area contributed by atoms with Crippen molar-refractivity contribution in [2.24, 2.45) is 5.84 Å². The molecular weight excluding hydrogens is 344 g/mol. The molecule has 0 fully saturated rings. The second-order valence-electron chi connectivity index (χ2n) is 4.04. The van der Waals surface area contributed by atoms with Crippen molar-refractivity contribution in [3.63, 3.8) is 0 Å². The molecule has 0 saturated heterocycles. The molecule has 0 aliphatic rings. The Balaban J connectivity index is 2.08. The zero-order valence-corrected chi connectivity index (χ0v) is 12.7. The van der Waals surface area contributed by atoms with E-state index in [4.69, 9.17) is 22.2 Å². The highest BCUT2D eigenvalue weighted by atomic mass is 79.9. The lowest BCUT2D eigenvalue weighted by atomic mass is 10.2. The molecule has 0 aromatic heterocycles. The monoisotopic (exact) mass is 354 g/mol. The molecule has 2 rings (SSSR count). The molecule has 2 aromatic carbocycles. The van der Waals surface area contributed by atoms with E-state index >= 15 is 0 Å². The van der Waals surface area contributed by atoms with E-state index in [9.17, 15) is 4.79 Å². The minimum absolute atomic E-state index is 0.362. The number of carbonyl (C=O) groups excluding carboxylic acids is 1. The smallest absolute Gasteiger partial charge is 0.265 e. The van der Waals surface area contributed by atoms with Crippen LogP contribution in [0.1, 0.15) is 15.9 Å². The molecule has 1 amide bonds. The number of hydrogen-bond acceptors (Lipinski definition) is 3. The molecule has 6 heteroatoms. The van der Waals surface area contributed by atoms with Crippen LogP contribution in [0, 0.1) is 0 Å². The zero-order valence-electron chi connectivity index (χ0n) is 10.4. The number of rotatable bonds is 4. The number of hydrogen-bond donors (Lipinski definition) is 2. The lowest BCUT2D eigenvalue weighted by Crippen LogP contribution is -2.29. The molecule has 0 unspecified atom stereocenters. The standard InChI is InChI=1S/C14H12BrClN2O2/c15-11-3-1-2-9(6-11)8-20-13-5-4-10(7-12(13)16)14(19)18-17/h1-7H,8,17H2,(H,18,19). The van der Waals surface area contributed by atoms with Crippen LogP contribution < -0.4 is 16.0 Å². The quantitative estimate of drug-likeness (QED) is 0.502. The lowest BCUT2D eigenvalue weighted by molar-refractivity contribution is 0.0953. The van der Waals surface area contributed by atoms with Crippen LogP contribution in [-0.4, -0.2) is 5.91 Å². The van der Waals surface area contributed by atoms with Gasteiger partial charge >= 0.3 is 0 Å². The second-order valence-corrected chi connectivity index (χ2v) is 5.36. The first-order chi connectivity index (χ1) is 9.60. The van der Waals surface area contributed by atoms with Gasteiger partial charge < -0.3 is 4.74 Å². The van der Waals surface area contributed by atoms with Gasteiger partial charge in [-0.15, -0.1) is 0 Å². The Bertz CT molecular complexity index is 634. The SMILES string of the molecule is NNC(=O)c1ccc(OCc2cccc(Br)c2)c(Cl)c1. The maximum Gasteiger partial charge on any atom is 0.265 e. The van der Waals surface area contributed by atoms with Crippen LogP contribution in [0.25, 0.3) is 0 Å². The molecule has 2 aromatic rings. The molecule has 0 bridgehead atoms. The first kappa shape index (κ1) is 14.8. The van der Waals surface area contributed by atoms with Crippen molar-refractivity contribution in [3.8, 4) is 5.75 Å². The summed E-state index contributed by atoms with van der Waals surface area (Å²) < 4.78 is 6.62. The van der Waals surface area contributed by atoms with Crippen LogP contribution in [0.4, 0.5) is 0 Å². The van der Waals surface area contributed by atoms with Crippen LogP contribution in [0.2, 0.25) is 5.02 Å². The van der Waals surface area contributed by atoms with E-state index in [1.807, 2.05) is 29.7 Å². The number of ether oxygens (including phenoxy) is 1. The van der Waals surface area contributed by atoms with Crippen LogP contribution in [-0.2, 0) is 6.61 Å². The summed E-state index contributed by atoms with van der Waals surface area (Å²) in [5, 5.41) is 0.362. The fourth-order valence-electron chi connectivity index (χ4n) is 1.63. The van der Waals surface area contributed by atoms with Crippen LogP contribution >= 0.6 is 27.5 Å². The van der Waals surface area contributed by atoms with Gasteiger partial charge in [0.1, 0.15) is 12.4 Å². The fourth-order valence-corrected chi connectivity index (χ4v) is 2.31. The average Bonchev–Trinajstić information content (AvgIpc) is 2.45. The number of halogens is 2. The molecule has 0 atom stereocenters. The third-order valence-electron chi connectivity index (χ3n) is 2.61. The van der Waals surface area contributed by atoms with Gasteiger partial charge in [0.05, 0.1) is 5.02 Å². The Morgan fingerprint density at radius 1 is 1.30 bits per heavy atom. The van der Waals surface area contributed by atoms with Crippen molar-refractivity contribution in [3.05, 3.63) is 63.1 Å². The fraction of sp³-hybridized carbons (Fsp3) is 0.0714. The van der Waals surface area contributed by atoms with Crippen molar-refractivity contribution in [2.75, 3.05) is 0 Å². The van der Waals surface area contributed by atoms with Gasteiger partial charge in [0.25, 0.3) is 5.91 Å². The van der Waals surface area contributed by atoms with Gasteiger partial charge in [0.15, 0.2) is 0 Å². The van der Waals surface area contributed by atoms with Gasteiger partial charge in [0.2, 0.25) is 0 Å². The van der Waals surface area contributed by atoms with Gasteiger partial charge in [-0.25, -0.2) is 5.84 Å². The zero-order chi connectivity index (χ0) is 14.5. The van der Waals surface area contributed by atoms with Gasteiger partial charge in [-0.3, -0.25) is 10.2 Å². The Morgan fingerprint density at radius 2 is 2.10 bits per heavy atom. The Hall–Kier alpha value is -1.56. The van der Waals surface area contributed by atoms with Crippen LogP contribution in [0.5, 0.6) is 5.75 Å². The number of nitrogen functional groups attached to an aromatic ring is 1. The van der Waals surface area contributed by atoms with Crippen molar-refractivity contribution in [1.82, 2.24) is 5.43 Å². The highest BCUT2D eigenvalue weighted by Crippen LogP contribution is 2.26. The normalized spacial score (nSPS) is 10.2. The second kappa shape index (κ2) is 6.74. The minimum atomic E-state index is -0.398. The van der Waals surface area contributed by atoms with E-state index in [0.29, 0.717) is 22.9 Å². The molecule has 0 spiro atoms. The molecule has 0 aliphatic heterocycles. The molecule has 3 N–H and O–H groups in total. The van der Waals surface area contributed by atoms with Gasteiger partial charge in [-0.05, 0) is 35.9 Å². The summed E-state index contributed by atoms with van der Waals surface area (Å²) in [5.74, 6) is 5.18. The van der Waals surface area contributed by atoms with Crippen LogP contribution in [0.15, 0.2) is 46.9 Å².